The Morgan fingerprint density at radius 3 is 2.82 bits per heavy atom. The molecule has 1 saturated heterocycles. The number of aromatic nitrogens is 2. The summed E-state index contributed by atoms with van der Waals surface area (Å²) in [7, 11) is 0. The fraction of sp³-hybridized carbons (Fsp3) is 0.364. The van der Waals surface area contributed by atoms with E-state index >= 15 is 0 Å². The van der Waals surface area contributed by atoms with Gasteiger partial charge in [0.05, 0.1) is 11.0 Å². The van der Waals surface area contributed by atoms with Gasteiger partial charge in [-0.3, -0.25) is 0 Å². The largest absolute Gasteiger partial charge is 0.490 e. The van der Waals surface area contributed by atoms with Crippen molar-refractivity contribution in [2.75, 3.05) is 13.1 Å². The summed E-state index contributed by atoms with van der Waals surface area (Å²) in [5.74, 6) is 1.80. The maximum Gasteiger partial charge on any atom is 0.317 e. The van der Waals surface area contributed by atoms with Crippen molar-refractivity contribution in [2.24, 2.45) is 0 Å². The number of hydrogen-bond donors (Lipinski definition) is 2. The van der Waals surface area contributed by atoms with Gasteiger partial charge in [-0.2, -0.15) is 0 Å². The summed E-state index contributed by atoms with van der Waals surface area (Å²) in [6, 6.07) is 14.1. The van der Waals surface area contributed by atoms with Crippen molar-refractivity contribution in [2.45, 2.75) is 39.3 Å². The van der Waals surface area contributed by atoms with E-state index in [0.29, 0.717) is 19.6 Å². The summed E-state index contributed by atoms with van der Waals surface area (Å²) in [5.41, 5.74) is 4.20. The van der Waals surface area contributed by atoms with Crippen LogP contribution < -0.4 is 10.1 Å². The lowest BCUT2D eigenvalue weighted by atomic mass is 10.1. The first-order valence-electron chi connectivity index (χ1n) is 9.78. The van der Waals surface area contributed by atoms with Gasteiger partial charge in [-0.25, -0.2) is 9.78 Å². The topological polar surface area (TPSA) is 70.2 Å². The van der Waals surface area contributed by atoms with Crippen molar-refractivity contribution < 1.29 is 9.53 Å². The van der Waals surface area contributed by atoms with Crippen LogP contribution in [0.25, 0.3) is 11.0 Å². The number of aryl methyl sites for hydroxylation is 2. The van der Waals surface area contributed by atoms with E-state index in [2.05, 4.69) is 34.3 Å². The molecule has 2 aromatic carbocycles. The summed E-state index contributed by atoms with van der Waals surface area (Å²) in [4.78, 5) is 22.0. The highest BCUT2D eigenvalue weighted by molar-refractivity contribution is 5.77. The van der Waals surface area contributed by atoms with Crippen LogP contribution in [0.3, 0.4) is 0 Å². The lowest BCUT2D eigenvalue weighted by molar-refractivity contribution is 0.111. The SMILES string of the molecule is Cc1cccc(OC2CCN(C(=O)NCc3ccc4nc(C)[nH]c4c3)CC2)c1. The highest BCUT2D eigenvalue weighted by atomic mass is 16.5. The average Bonchev–Trinajstić information content (AvgIpc) is 3.06. The van der Waals surface area contributed by atoms with Crippen molar-refractivity contribution >= 4 is 17.1 Å². The minimum absolute atomic E-state index is 0.0186. The number of fused-ring (bicyclic) bond motifs is 1. The fourth-order valence-electron chi connectivity index (χ4n) is 3.64. The number of nitrogens with one attached hydrogen (secondary N) is 2. The van der Waals surface area contributed by atoms with E-state index in [1.54, 1.807) is 0 Å². The number of hydrogen-bond acceptors (Lipinski definition) is 3. The van der Waals surface area contributed by atoms with Crippen molar-refractivity contribution in [1.29, 1.82) is 0 Å². The molecule has 0 radical (unpaired) electrons. The smallest absolute Gasteiger partial charge is 0.317 e. The number of ether oxygens (including phenoxy) is 1. The first-order chi connectivity index (χ1) is 13.6. The van der Waals surface area contributed by atoms with Gasteiger partial charge in [0, 0.05) is 32.5 Å². The van der Waals surface area contributed by atoms with E-state index in [4.69, 9.17) is 4.74 Å². The number of rotatable bonds is 4. The van der Waals surface area contributed by atoms with Gasteiger partial charge < -0.3 is 19.9 Å². The molecule has 2 heterocycles. The first-order valence-corrected chi connectivity index (χ1v) is 9.78. The molecule has 6 nitrogen and oxygen atoms in total. The highest BCUT2D eigenvalue weighted by Gasteiger charge is 2.23. The van der Waals surface area contributed by atoms with Crippen LogP contribution in [-0.2, 0) is 6.54 Å². The summed E-state index contributed by atoms with van der Waals surface area (Å²) >= 11 is 0. The second kappa shape index (κ2) is 7.92. The molecule has 0 bridgehead atoms. The second-order valence-electron chi connectivity index (χ2n) is 7.45. The molecule has 2 N–H and O–H groups in total. The van der Waals surface area contributed by atoms with E-state index in [9.17, 15) is 4.79 Å². The third-order valence-corrected chi connectivity index (χ3v) is 5.13. The number of piperidine rings is 1. The molecule has 0 spiro atoms. The molecule has 3 aromatic rings. The number of benzene rings is 2. The van der Waals surface area contributed by atoms with E-state index in [0.717, 1.165) is 41.0 Å². The van der Waals surface area contributed by atoms with E-state index in [-0.39, 0.29) is 12.1 Å². The molecule has 1 fully saturated rings. The number of imidazole rings is 1. The number of carbonyl (C=O) groups excluding carboxylic acids is 1. The number of H-pyrrole nitrogens is 1. The molecule has 146 valence electrons. The van der Waals surface area contributed by atoms with Crippen molar-refractivity contribution in [1.82, 2.24) is 20.2 Å². The van der Waals surface area contributed by atoms with Crippen LogP contribution in [0.4, 0.5) is 4.79 Å². The van der Waals surface area contributed by atoms with Gasteiger partial charge >= 0.3 is 6.03 Å². The first kappa shape index (κ1) is 18.3. The average molecular weight is 378 g/mol. The predicted molar refractivity (Wildman–Crippen MR) is 109 cm³/mol. The number of nitrogens with zero attached hydrogens (tertiary/aromatic N) is 2. The third kappa shape index (κ3) is 4.27. The lowest BCUT2D eigenvalue weighted by Crippen LogP contribution is -2.46. The molecule has 0 unspecified atom stereocenters. The summed E-state index contributed by atoms with van der Waals surface area (Å²) in [6.45, 7) is 5.92. The van der Waals surface area contributed by atoms with Crippen molar-refractivity contribution in [3.05, 3.63) is 59.4 Å². The molecule has 0 atom stereocenters. The molecule has 1 aromatic heterocycles. The minimum Gasteiger partial charge on any atom is -0.490 e. The molecule has 1 aliphatic rings. The molecule has 0 aliphatic carbocycles. The number of urea groups is 1. The Kier molecular flexibility index (Phi) is 5.19. The van der Waals surface area contributed by atoms with Crippen LogP contribution in [0.1, 0.15) is 29.8 Å². The zero-order valence-corrected chi connectivity index (χ0v) is 16.4. The van der Waals surface area contributed by atoms with Gasteiger partial charge in [0.1, 0.15) is 17.7 Å². The highest BCUT2D eigenvalue weighted by Crippen LogP contribution is 2.20. The Balaban J connectivity index is 1.26. The van der Waals surface area contributed by atoms with Gasteiger partial charge in [0.15, 0.2) is 0 Å². The Hall–Kier alpha value is -3.02. The van der Waals surface area contributed by atoms with Crippen molar-refractivity contribution in [3.8, 4) is 5.75 Å². The van der Waals surface area contributed by atoms with Crippen LogP contribution in [-0.4, -0.2) is 40.1 Å². The van der Waals surface area contributed by atoms with Gasteiger partial charge in [-0.15, -0.1) is 0 Å². The second-order valence-corrected chi connectivity index (χ2v) is 7.45. The molecular formula is C22H26N4O2. The summed E-state index contributed by atoms with van der Waals surface area (Å²) in [6.07, 6.45) is 1.86. The van der Waals surface area contributed by atoms with E-state index < -0.39 is 0 Å². The molecule has 0 saturated carbocycles. The maximum absolute atomic E-state index is 12.5. The van der Waals surface area contributed by atoms with Crippen molar-refractivity contribution in [3.63, 3.8) is 0 Å². The lowest BCUT2D eigenvalue weighted by Gasteiger charge is -2.32. The Morgan fingerprint density at radius 2 is 2.04 bits per heavy atom. The van der Waals surface area contributed by atoms with Crippen LogP contribution in [0.5, 0.6) is 5.75 Å². The van der Waals surface area contributed by atoms with Gasteiger partial charge in [-0.05, 0) is 49.2 Å². The fourth-order valence-corrected chi connectivity index (χ4v) is 3.64. The van der Waals surface area contributed by atoms with Crippen LogP contribution in [0.2, 0.25) is 0 Å². The van der Waals surface area contributed by atoms with Crippen LogP contribution in [0, 0.1) is 13.8 Å². The monoisotopic (exact) mass is 378 g/mol. The van der Waals surface area contributed by atoms with E-state index in [1.165, 1.54) is 5.56 Å². The number of carbonyl (C=O) groups is 1. The Bertz CT molecular complexity index is 974. The van der Waals surface area contributed by atoms with Gasteiger partial charge in [0.25, 0.3) is 0 Å². The molecule has 4 rings (SSSR count). The summed E-state index contributed by atoms with van der Waals surface area (Å²) in [5, 5.41) is 3.02. The zero-order chi connectivity index (χ0) is 19.5. The molecular weight excluding hydrogens is 352 g/mol. The van der Waals surface area contributed by atoms with E-state index in [1.807, 2.05) is 42.2 Å². The molecule has 28 heavy (non-hydrogen) atoms. The van der Waals surface area contributed by atoms with Gasteiger partial charge in [0.2, 0.25) is 0 Å². The number of aromatic amines is 1. The van der Waals surface area contributed by atoms with Crippen LogP contribution >= 0.6 is 0 Å². The standard InChI is InChI=1S/C22H26N4O2/c1-15-4-3-5-19(12-15)28-18-8-10-26(11-9-18)22(27)23-14-17-6-7-20-21(13-17)25-16(2)24-20/h3-7,12-13,18H,8-11,14H2,1-2H3,(H,23,27)(H,24,25). The normalized spacial score (nSPS) is 15.0. The molecule has 6 heteroatoms. The van der Waals surface area contributed by atoms with Gasteiger partial charge in [-0.1, -0.05) is 18.2 Å². The maximum atomic E-state index is 12.5. The number of amides is 2. The minimum atomic E-state index is -0.0186. The number of likely N-dealkylation sites (tertiary alicyclic amines) is 1. The van der Waals surface area contributed by atoms with Crippen LogP contribution in [0.15, 0.2) is 42.5 Å². The quantitative estimate of drug-likeness (QED) is 0.723. The summed E-state index contributed by atoms with van der Waals surface area (Å²) < 4.78 is 6.07. The third-order valence-electron chi connectivity index (χ3n) is 5.13. The predicted octanol–water partition coefficient (Wildman–Crippen LogP) is 3.93. The Labute approximate surface area is 164 Å². The Morgan fingerprint density at radius 1 is 1.21 bits per heavy atom. The molecule has 2 amide bonds. The molecule has 1 aliphatic heterocycles. The zero-order valence-electron chi connectivity index (χ0n) is 16.4.